The first-order valence-corrected chi connectivity index (χ1v) is 6.57. The second kappa shape index (κ2) is 6.22. The second-order valence-electron chi connectivity index (χ2n) is 4.98. The second-order valence-corrected chi connectivity index (χ2v) is 4.98. The lowest BCUT2D eigenvalue weighted by atomic mass is 10.0. The Morgan fingerprint density at radius 3 is 3.00 bits per heavy atom. The van der Waals surface area contributed by atoms with Gasteiger partial charge in [0, 0.05) is 24.8 Å². The molecule has 0 bridgehead atoms. The van der Waals surface area contributed by atoms with Crippen LogP contribution < -0.4 is 4.90 Å². The van der Waals surface area contributed by atoms with Gasteiger partial charge in [-0.3, -0.25) is 4.90 Å². The van der Waals surface area contributed by atoms with Crippen LogP contribution in [0.4, 0.5) is 5.69 Å². The molecule has 1 atom stereocenters. The van der Waals surface area contributed by atoms with Crippen LogP contribution in [0.2, 0.25) is 0 Å². The Morgan fingerprint density at radius 2 is 2.26 bits per heavy atom. The van der Waals surface area contributed by atoms with Crippen LogP contribution in [-0.4, -0.2) is 37.6 Å². The first kappa shape index (κ1) is 13.4. The maximum atomic E-state index is 8.96. The lowest BCUT2D eigenvalue weighted by molar-refractivity contribution is 0.238. The molecule has 0 amide bonds. The van der Waals surface area contributed by atoms with Crippen molar-refractivity contribution in [3.63, 3.8) is 0 Å². The summed E-state index contributed by atoms with van der Waals surface area (Å²) < 4.78 is 0. The molecule has 4 nitrogen and oxygen atoms in total. The van der Waals surface area contributed by atoms with Gasteiger partial charge in [0.2, 0.25) is 0 Å². The van der Waals surface area contributed by atoms with Crippen LogP contribution in [0, 0.1) is 22.7 Å². The van der Waals surface area contributed by atoms with Crippen molar-refractivity contribution in [1.29, 1.82) is 10.5 Å². The van der Waals surface area contributed by atoms with E-state index >= 15 is 0 Å². The van der Waals surface area contributed by atoms with Crippen LogP contribution in [-0.2, 0) is 0 Å². The topological polar surface area (TPSA) is 54.1 Å². The normalized spacial score (nSPS) is 18.9. The van der Waals surface area contributed by atoms with Gasteiger partial charge in [-0.25, -0.2) is 0 Å². The average molecular weight is 254 g/mol. The van der Waals surface area contributed by atoms with Gasteiger partial charge in [-0.15, -0.1) is 0 Å². The van der Waals surface area contributed by atoms with Crippen LogP contribution in [0.25, 0.3) is 0 Å². The molecular weight excluding hydrogens is 236 g/mol. The molecule has 0 aromatic heterocycles. The van der Waals surface area contributed by atoms with Crippen molar-refractivity contribution in [2.75, 3.05) is 31.6 Å². The average Bonchev–Trinajstić information content (AvgIpc) is 2.48. The number of hydrogen-bond acceptors (Lipinski definition) is 4. The van der Waals surface area contributed by atoms with E-state index in [0.717, 1.165) is 31.6 Å². The lowest BCUT2D eigenvalue weighted by Crippen LogP contribution is -2.46. The molecule has 1 aromatic rings. The Morgan fingerprint density at radius 1 is 1.42 bits per heavy atom. The summed E-state index contributed by atoms with van der Waals surface area (Å²) in [6.45, 7) is 2.41. The molecule has 0 spiro atoms. The molecule has 19 heavy (non-hydrogen) atoms. The third-order valence-electron chi connectivity index (χ3n) is 3.68. The van der Waals surface area contributed by atoms with Crippen molar-refractivity contribution in [3.8, 4) is 12.1 Å². The van der Waals surface area contributed by atoms with Crippen molar-refractivity contribution < 1.29 is 0 Å². The van der Waals surface area contributed by atoms with Crippen molar-refractivity contribution in [2.45, 2.75) is 18.9 Å². The molecule has 1 aromatic carbocycles. The SMILES string of the molecule is CN(CC#N)C1CCCN(c2cccc(C#N)c2)C1. The van der Waals surface area contributed by atoms with Gasteiger partial charge in [0.1, 0.15) is 0 Å². The van der Waals surface area contributed by atoms with Crippen LogP contribution in [0.3, 0.4) is 0 Å². The molecule has 0 saturated carbocycles. The van der Waals surface area contributed by atoms with E-state index in [1.54, 1.807) is 0 Å². The Hall–Kier alpha value is -2.04. The fraction of sp³-hybridized carbons (Fsp3) is 0.467. The van der Waals surface area contributed by atoms with E-state index in [0.29, 0.717) is 18.2 Å². The van der Waals surface area contributed by atoms with E-state index in [-0.39, 0.29) is 0 Å². The third kappa shape index (κ3) is 3.24. The van der Waals surface area contributed by atoms with Crippen LogP contribution in [0.15, 0.2) is 24.3 Å². The molecular formula is C15H18N4. The highest BCUT2D eigenvalue weighted by atomic mass is 15.2. The molecule has 1 aliphatic heterocycles. The van der Waals surface area contributed by atoms with Gasteiger partial charge >= 0.3 is 0 Å². The molecule has 1 heterocycles. The predicted molar refractivity (Wildman–Crippen MR) is 74.6 cm³/mol. The van der Waals surface area contributed by atoms with Crippen LogP contribution >= 0.6 is 0 Å². The summed E-state index contributed by atoms with van der Waals surface area (Å²) in [6.07, 6.45) is 2.25. The number of rotatable bonds is 3. The molecule has 1 fully saturated rings. The Bertz CT molecular complexity index is 512. The fourth-order valence-electron chi connectivity index (χ4n) is 2.56. The highest BCUT2D eigenvalue weighted by molar-refractivity contribution is 5.51. The molecule has 1 unspecified atom stereocenters. The number of piperidine rings is 1. The van der Waals surface area contributed by atoms with E-state index in [1.807, 2.05) is 31.3 Å². The van der Waals surface area contributed by atoms with Crippen molar-refractivity contribution >= 4 is 5.69 Å². The van der Waals surface area contributed by atoms with Gasteiger partial charge in [0.25, 0.3) is 0 Å². The predicted octanol–water partition coefficient (Wildman–Crippen LogP) is 1.98. The Kier molecular flexibility index (Phi) is 4.39. The molecule has 0 radical (unpaired) electrons. The summed E-state index contributed by atoms with van der Waals surface area (Å²) in [5, 5.41) is 17.7. The first-order valence-electron chi connectivity index (χ1n) is 6.57. The lowest BCUT2D eigenvalue weighted by Gasteiger charge is -2.38. The summed E-state index contributed by atoms with van der Waals surface area (Å²) in [6, 6.07) is 12.5. The van der Waals surface area contributed by atoms with Crippen molar-refractivity contribution in [1.82, 2.24) is 4.90 Å². The molecule has 4 heteroatoms. The van der Waals surface area contributed by atoms with Gasteiger partial charge in [0.15, 0.2) is 0 Å². The number of anilines is 1. The Labute approximate surface area is 114 Å². The fourth-order valence-corrected chi connectivity index (χ4v) is 2.56. The smallest absolute Gasteiger partial charge is 0.0992 e. The summed E-state index contributed by atoms with van der Waals surface area (Å²) in [7, 11) is 2.00. The minimum atomic E-state index is 0.416. The number of nitrogens with zero attached hydrogens (tertiary/aromatic N) is 4. The summed E-state index contributed by atoms with van der Waals surface area (Å²) in [5.41, 5.74) is 1.80. The first-order chi connectivity index (χ1) is 9.24. The molecule has 1 saturated heterocycles. The van der Waals surface area contributed by atoms with Crippen molar-refractivity contribution in [3.05, 3.63) is 29.8 Å². The third-order valence-corrected chi connectivity index (χ3v) is 3.68. The molecule has 98 valence electrons. The molecule has 0 aliphatic carbocycles. The quantitative estimate of drug-likeness (QED) is 0.774. The summed E-state index contributed by atoms with van der Waals surface area (Å²) >= 11 is 0. The summed E-state index contributed by atoms with van der Waals surface area (Å²) in [4.78, 5) is 4.42. The van der Waals surface area contributed by atoms with Gasteiger partial charge in [-0.2, -0.15) is 10.5 Å². The van der Waals surface area contributed by atoms with E-state index < -0.39 is 0 Å². The molecule has 1 aliphatic rings. The minimum Gasteiger partial charge on any atom is -0.370 e. The number of benzene rings is 1. The van der Waals surface area contributed by atoms with Gasteiger partial charge in [0.05, 0.1) is 24.2 Å². The van der Waals surface area contributed by atoms with Gasteiger partial charge < -0.3 is 4.90 Å². The van der Waals surface area contributed by atoms with Gasteiger partial charge in [-0.05, 0) is 38.1 Å². The zero-order valence-corrected chi connectivity index (χ0v) is 11.2. The zero-order valence-electron chi connectivity index (χ0n) is 11.2. The van der Waals surface area contributed by atoms with Gasteiger partial charge in [-0.1, -0.05) is 6.07 Å². The number of likely N-dealkylation sites (N-methyl/N-ethyl adjacent to an activating group) is 1. The van der Waals surface area contributed by atoms with E-state index in [9.17, 15) is 0 Å². The largest absolute Gasteiger partial charge is 0.370 e. The Balaban J connectivity index is 2.09. The molecule has 0 N–H and O–H groups in total. The van der Waals surface area contributed by atoms with Crippen LogP contribution in [0.5, 0.6) is 0 Å². The molecule has 2 rings (SSSR count). The van der Waals surface area contributed by atoms with E-state index in [4.69, 9.17) is 10.5 Å². The monoisotopic (exact) mass is 254 g/mol. The zero-order chi connectivity index (χ0) is 13.7. The minimum absolute atomic E-state index is 0.416. The maximum Gasteiger partial charge on any atom is 0.0992 e. The van der Waals surface area contributed by atoms with E-state index in [2.05, 4.69) is 21.9 Å². The van der Waals surface area contributed by atoms with E-state index in [1.165, 1.54) is 0 Å². The van der Waals surface area contributed by atoms with Crippen LogP contribution in [0.1, 0.15) is 18.4 Å². The standard InChI is InChI=1S/C15H18N4/c1-18(9-7-16)15-6-3-8-19(12-15)14-5-2-4-13(10-14)11-17/h2,4-5,10,15H,3,6,8-9,12H2,1H3. The number of hydrogen-bond donors (Lipinski definition) is 0. The highest BCUT2D eigenvalue weighted by Crippen LogP contribution is 2.22. The number of nitriles is 2. The van der Waals surface area contributed by atoms with Crippen molar-refractivity contribution in [2.24, 2.45) is 0 Å². The maximum absolute atomic E-state index is 8.96. The summed E-state index contributed by atoms with van der Waals surface area (Å²) in [5.74, 6) is 0. The highest BCUT2D eigenvalue weighted by Gasteiger charge is 2.23.